The highest BCUT2D eigenvalue weighted by Gasteiger charge is 2.16. The topological polar surface area (TPSA) is 46.2 Å². The van der Waals surface area contributed by atoms with Crippen molar-refractivity contribution in [1.29, 1.82) is 0 Å². The Morgan fingerprint density at radius 2 is 1.75 bits per heavy atom. The zero-order valence-corrected chi connectivity index (χ0v) is 9.86. The molecule has 0 saturated carbocycles. The predicted octanol–water partition coefficient (Wildman–Crippen LogP) is 2.73. The molecule has 0 aliphatic carbocycles. The SMILES string of the molecule is CC(C)C(C)C(=O)Nc1ccc(C=O)cc1. The summed E-state index contributed by atoms with van der Waals surface area (Å²) in [5.41, 5.74) is 1.33. The fourth-order valence-corrected chi connectivity index (χ4v) is 1.20. The quantitative estimate of drug-likeness (QED) is 0.791. The van der Waals surface area contributed by atoms with E-state index in [1.807, 2.05) is 20.8 Å². The second-order valence-electron chi connectivity index (χ2n) is 4.26. The van der Waals surface area contributed by atoms with Crippen LogP contribution in [0.3, 0.4) is 0 Å². The van der Waals surface area contributed by atoms with Crippen molar-refractivity contribution >= 4 is 17.9 Å². The highest BCUT2D eigenvalue weighted by Crippen LogP contribution is 2.14. The summed E-state index contributed by atoms with van der Waals surface area (Å²) in [6.07, 6.45) is 0.780. The van der Waals surface area contributed by atoms with Crippen molar-refractivity contribution in [2.75, 3.05) is 5.32 Å². The van der Waals surface area contributed by atoms with Crippen LogP contribution in [0.1, 0.15) is 31.1 Å². The number of benzene rings is 1. The third-order valence-corrected chi connectivity index (χ3v) is 2.73. The number of carbonyl (C=O) groups is 2. The van der Waals surface area contributed by atoms with Gasteiger partial charge < -0.3 is 5.32 Å². The van der Waals surface area contributed by atoms with Gasteiger partial charge >= 0.3 is 0 Å². The van der Waals surface area contributed by atoms with Gasteiger partial charge in [-0.2, -0.15) is 0 Å². The largest absolute Gasteiger partial charge is 0.326 e. The Morgan fingerprint density at radius 3 is 2.19 bits per heavy atom. The van der Waals surface area contributed by atoms with Gasteiger partial charge in [-0.05, 0) is 30.2 Å². The zero-order valence-electron chi connectivity index (χ0n) is 9.86. The van der Waals surface area contributed by atoms with Crippen LogP contribution in [-0.4, -0.2) is 12.2 Å². The van der Waals surface area contributed by atoms with Crippen LogP contribution in [-0.2, 0) is 4.79 Å². The number of hydrogen-bond acceptors (Lipinski definition) is 2. The third kappa shape index (κ3) is 3.19. The van der Waals surface area contributed by atoms with Crippen molar-refractivity contribution in [2.45, 2.75) is 20.8 Å². The average Bonchev–Trinajstić information content (AvgIpc) is 2.28. The lowest BCUT2D eigenvalue weighted by Gasteiger charge is -2.15. The minimum Gasteiger partial charge on any atom is -0.326 e. The molecule has 1 unspecified atom stereocenters. The maximum atomic E-state index is 11.7. The first-order valence-electron chi connectivity index (χ1n) is 5.40. The first-order chi connectivity index (χ1) is 7.54. The highest BCUT2D eigenvalue weighted by atomic mass is 16.1. The Balaban J connectivity index is 2.66. The fraction of sp³-hybridized carbons (Fsp3) is 0.385. The Bertz CT molecular complexity index is 368. The molecule has 0 radical (unpaired) electrons. The normalized spacial score (nSPS) is 12.2. The van der Waals surface area contributed by atoms with Crippen molar-refractivity contribution in [2.24, 2.45) is 11.8 Å². The van der Waals surface area contributed by atoms with Crippen molar-refractivity contribution in [3.63, 3.8) is 0 Å². The van der Waals surface area contributed by atoms with E-state index in [1.165, 1.54) is 0 Å². The molecule has 0 aliphatic rings. The molecule has 0 aliphatic heterocycles. The van der Waals surface area contributed by atoms with Gasteiger partial charge in [0.05, 0.1) is 0 Å². The second kappa shape index (κ2) is 5.45. The molecule has 1 rings (SSSR count). The van der Waals surface area contributed by atoms with Crippen LogP contribution in [0.2, 0.25) is 0 Å². The number of carbonyl (C=O) groups excluding carboxylic acids is 2. The molecular weight excluding hydrogens is 202 g/mol. The van der Waals surface area contributed by atoms with Gasteiger partial charge in [-0.25, -0.2) is 0 Å². The van der Waals surface area contributed by atoms with Gasteiger partial charge in [-0.1, -0.05) is 20.8 Å². The van der Waals surface area contributed by atoms with Crippen LogP contribution < -0.4 is 5.32 Å². The molecule has 0 fully saturated rings. The summed E-state index contributed by atoms with van der Waals surface area (Å²) in [4.78, 5) is 22.2. The van der Waals surface area contributed by atoms with Crippen LogP contribution in [0.4, 0.5) is 5.69 Å². The van der Waals surface area contributed by atoms with E-state index in [0.717, 1.165) is 12.0 Å². The molecular formula is C13H17NO2. The predicted molar refractivity (Wildman–Crippen MR) is 64.5 cm³/mol. The summed E-state index contributed by atoms with van der Waals surface area (Å²) in [6, 6.07) is 6.83. The van der Waals surface area contributed by atoms with Gasteiger partial charge in [0.15, 0.2) is 0 Å². The third-order valence-electron chi connectivity index (χ3n) is 2.73. The maximum Gasteiger partial charge on any atom is 0.227 e. The number of rotatable bonds is 4. The first-order valence-corrected chi connectivity index (χ1v) is 5.40. The lowest BCUT2D eigenvalue weighted by atomic mass is 9.97. The van der Waals surface area contributed by atoms with E-state index in [0.29, 0.717) is 11.5 Å². The molecule has 0 spiro atoms. The van der Waals surface area contributed by atoms with Crippen molar-refractivity contribution in [3.05, 3.63) is 29.8 Å². The van der Waals surface area contributed by atoms with Crippen molar-refractivity contribution in [3.8, 4) is 0 Å². The number of amides is 1. The fourth-order valence-electron chi connectivity index (χ4n) is 1.20. The maximum absolute atomic E-state index is 11.7. The summed E-state index contributed by atoms with van der Waals surface area (Å²) in [6.45, 7) is 5.93. The zero-order chi connectivity index (χ0) is 12.1. The molecule has 1 aromatic rings. The molecule has 1 aromatic carbocycles. The molecule has 3 heteroatoms. The van der Waals surface area contributed by atoms with E-state index >= 15 is 0 Å². The van der Waals surface area contributed by atoms with Gasteiger partial charge in [-0.15, -0.1) is 0 Å². The van der Waals surface area contributed by atoms with E-state index in [2.05, 4.69) is 5.32 Å². The molecule has 1 atom stereocenters. The number of aldehydes is 1. The smallest absolute Gasteiger partial charge is 0.227 e. The molecule has 86 valence electrons. The van der Waals surface area contributed by atoms with Gasteiger partial charge in [-0.3, -0.25) is 9.59 Å². The Labute approximate surface area is 95.9 Å². The first kappa shape index (κ1) is 12.4. The summed E-state index contributed by atoms with van der Waals surface area (Å²) in [7, 11) is 0. The van der Waals surface area contributed by atoms with E-state index in [9.17, 15) is 9.59 Å². The van der Waals surface area contributed by atoms with E-state index < -0.39 is 0 Å². The summed E-state index contributed by atoms with van der Waals surface area (Å²) < 4.78 is 0. The van der Waals surface area contributed by atoms with Crippen molar-refractivity contribution < 1.29 is 9.59 Å². The molecule has 3 nitrogen and oxygen atoms in total. The number of anilines is 1. The monoisotopic (exact) mass is 219 g/mol. The second-order valence-corrected chi connectivity index (χ2v) is 4.26. The molecule has 0 aromatic heterocycles. The number of hydrogen-bond donors (Lipinski definition) is 1. The lowest BCUT2D eigenvalue weighted by molar-refractivity contribution is -0.120. The van der Waals surface area contributed by atoms with Crippen LogP contribution in [0, 0.1) is 11.8 Å². The van der Waals surface area contributed by atoms with Crippen LogP contribution in [0.15, 0.2) is 24.3 Å². The summed E-state index contributed by atoms with van der Waals surface area (Å²) in [5, 5.41) is 2.82. The lowest BCUT2D eigenvalue weighted by Crippen LogP contribution is -2.24. The molecule has 1 amide bonds. The summed E-state index contributed by atoms with van der Waals surface area (Å²) in [5.74, 6) is 0.300. The Kier molecular flexibility index (Phi) is 4.23. The summed E-state index contributed by atoms with van der Waals surface area (Å²) >= 11 is 0. The van der Waals surface area contributed by atoms with Crippen LogP contribution in [0.25, 0.3) is 0 Å². The van der Waals surface area contributed by atoms with Crippen LogP contribution in [0.5, 0.6) is 0 Å². The van der Waals surface area contributed by atoms with E-state index in [-0.39, 0.29) is 11.8 Å². The van der Waals surface area contributed by atoms with E-state index in [1.54, 1.807) is 24.3 Å². The van der Waals surface area contributed by atoms with Gasteiger partial charge in [0.2, 0.25) is 5.91 Å². The molecule has 0 saturated heterocycles. The average molecular weight is 219 g/mol. The molecule has 0 heterocycles. The number of nitrogens with one attached hydrogen (secondary N) is 1. The van der Waals surface area contributed by atoms with Crippen molar-refractivity contribution in [1.82, 2.24) is 0 Å². The Morgan fingerprint density at radius 1 is 1.19 bits per heavy atom. The van der Waals surface area contributed by atoms with Gasteiger partial charge in [0, 0.05) is 17.2 Å². The van der Waals surface area contributed by atoms with Gasteiger partial charge in [0.1, 0.15) is 6.29 Å². The molecule has 0 bridgehead atoms. The van der Waals surface area contributed by atoms with E-state index in [4.69, 9.17) is 0 Å². The molecule has 16 heavy (non-hydrogen) atoms. The minimum atomic E-state index is -0.0225. The standard InChI is InChI=1S/C13H17NO2/c1-9(2)10(3)13(16)14-12-6-4-11(8-15)5-7-12/h4-10H,1-3H3,(H,14,16). The Hall–Kier alpha value is -1.64. The molecule has 1 N–H and O–H groups in total. The van der Waals surface area contributed by atoms with Gasteiger partial charge in [0.25, 0.3) is 0 Å². The van der Waals surface area contributed by atoms with Crippen LogP contribution >= 0.6 is 0 Å². The highest BCUT2D eigenvalue weighted by molar-refractivity contribution is 5.92. The minimum absolute atomic E-state index is 0.00820.